The molecule has 86 valence electrons. The van der Waals surface area contributed by atoms with E-state index in [9.17, 15) is 4.39 Å². The fourth-order valence-corrected chi connectivity index (χ4v) is 2.60. The van der Waals surface area contributed by atoms with E-state index in [0.717, 1.165) is 18.4 Å². The second kappa shape index (κ2) is 3.05. The lowest BCUT2D eigenvalue weighted by atomic mass is 9.70. The molecule has 0 spiro atoms. The Bertz CT molecular complexity index is 436. The Balaban J connectivity index is 2.04. The van der Waals surface area contributed by atoms with Crippen molar-refractivity contribution in [3.05, 3.63) is 35.1 Å². The van der Waals surface area contributed by atoms with Crippen LogP contribution in [0.25, 0.3) is 0 Å². The molecule has 1 saturated heterocycles. The fraction of sp³-hybridized carbons (Fsp3) is 0.538. The molecule has 0 atom stereocenters. The van der Waals surface area contributed by atoms with E-state index in [4.69, 9.17) is 10.5 Å². The maximum absolute atomic E-state index is 13.3. The summed E-state index contributed by atoms with van der Waals surface area (Å²) in [7, 11) is 0. The number of hydrogen-bond acceptors (Lipinski definition) is 2. The molecule has 0 radical (unpaired) electrons. The number of ether oxygens (including phenoxy) is 1. The SMILES string of the molecule is Cc1cc(C2(C3(N)CC3)COC2)ccc1F. The maximum atomic E-state index is 13.3. The topological polar surface area (TPSA) is 35.2 Å². The summed E-state index contributed by atoms with van der Waals surface area (Å²) in [4.78, 5) is 0. The van der Waals surface area contributed by atoms with E-state index in [1.165, 1.54) is 6.07 Å². The van der Waals surface area contributed by atoms with Gasteiger partial charge in [0.2, 0.25) is 0 Å². The Morgan fingerprint density at radius 2 is 2.00 bits per heavy atom. The lowest BCUT2D eigenvalue weighted by molar-refractivity contribution is -0.0786. The molecule has 3 rings (SSSR count). The van der Waals surface area contributed by atoms with Crippen LogP contribution in [0.1, 0.15) is 24.0 Å². The Labute approximate surface area is 94.6 Å². The summed E-state index contributed by atoms with van der Waals surface area (Å²) < 4.78 is 18.6. The normalized spacial score (nSPS) is 24.9. The zero-order chi connectivity index (χ0) is 11.4. The van der Waals surface area contributed by atoms with Crippen molar-refractivity contribution < 1.29 is 9.13 Å². The van der Waals surface area contributed by atoms with Gasteiger partial charge in [-0.1, -0.05) is 12.1 Å². The van der Waals surface area contributed by atoms with Crippen LogP contribution < -0.4 is 5.73 Å². The van der Waals surface area contributed by atoms with Crippen LogP contribution in [0.15, 0.2) is 18.2 Å². The summed E-state index contributed by atoms with van der Waals surface area (Å²) in [5.41, 5.74) is 7.98. The highest BCUT2D eigenvalue weighted by Gasteiger charge is 2.61. The van der Waals surface area contributed by atoms with Crippen LogP contribution in [0.3, 0.4) is 0 Å². The molecule has 1 aromatic rings. The van der Waals surface area contributed by atoms with Gasteiger partial charge in [0.05, 0.1) is 18.6 Å². The van der Waals surface area contributed by atoms with E-state index in [0.29, 0.717) is 18.8 Å². The minimum atomic E-state index is -0.152. The van der Waals surface area contributed by atoms with Gasteiger partial charge < -0.3 is 10.5 Å². The summed E-state index contributed by atoms with van der Waals surface area (Å²) in [6, 6.07) is 5.32. The average molecular weight is 221 g/mol. The quantitative estimate of drug-likeness (QED) is 0.827. The van der Waals surface area contributed by atoms with Gasteiger partial charge in [-0.05, 0) is 37.0 Å². The van der Waals surface area contributed by atoms with Crippen LogP contribution in [-0.4, -0.2) is 18.8 Å². The lowest BCUT2D eigenvalue weighted by Crippen LogP contribution is -2.60. The Kier molecular flexibility index (Phi) is 1.95. The molecule has 0 amide bonds. The summed E-state index contributed by atoms with van der Waals surface area (Å²) >= 11 is 0. The number of rotatable bonds is 2. The highest BCUT2D eigenvalue weighted by Crippen LogP contribution is 2.53. The van der Waals surface area contributed by atoms with Crippen LogP contribution in [0, 0.1) is 12.7 Å². The number of nitrogens with two attached hydrogens (primary N) is 1. The van der Waals surface area contributed by atoms with Gasteiger partial charge in [-0.15, -0.1) is 0 Å². The third kappa shape index (κ3) is 1.19. The Morgan fingerprint density at radius 1 is 1.31 bits per heavy atom. The van der Waals surface area contributed by atoms with Crippen LogP contribution in [-0.2, 0) is 10.2 Å². The maximum Gasteiger partial charge on any atom is 0.126 e. The predicted octanol–water partition coefficient (Wildman–Crippen LogP) is 1.89. The van der Waals surface area contributed by atoms with Gasteiger partial charge in [0.25, 0.3) is 0 Å². The van der Waals surface area contributed by atoms with E-state index in [1.54, 1.807) is 6.92 Å². The molecule has 1 aromatic carbocycles. The molecule has 2 aliphatic rings. The third-order valence-corrected chi connectivity index (χ3v) is 4.15. The van der Waals surface area contributed by atoms with E-state index < -0.39 is 0 Å². The van der Waals surface area contributed by atoms with Crippen molar-refractivity contribution in [1.82, 2.24) is 0 Å². The monoisotopic (exact) mass is 221 g/mol. The van der Waals surface area contributed by atoms with Gasteiger partial charge in [-0.3, -0.25) is 0 Å². The Hall–Kier alpha value is -0.930. The van der Waals surface area contributed by atoms with E-state index in [2.05, 4.69) is 0 Å². The zero-order valence-electron chi connectivity index (χ0n) is 9.42. The number of halogens is 1. The second-order valence-electron chi connectivity index (χ2n) is 5.20. The number of aryl methyl sites for hydroxylation is 1. The van der Waals surface area contributed by atoms with Crippen molar-refractivity contribution in [3.8, 4) is 0 Å². The van der Waals surface area contributed by atoms with Crippen molar-refractivity contribution in [2.24, 2.45) is 5.73 Å². The molecular formula is C13H16FNO. The molecule has 1 aliphatic heterocycles. The first kappa shape index (κ1) is 10.2. The molecule has 1 heterocycles. The summed E-state index contributed by atoms with van der Waals surface area (Å²) in [5.74, 6) is -0.152. The van der Waals surface area contributed by atoms with Crippen LogP contribution in [0.2, 0.25) is 0 Å². The van der Waals surface area contributed by atoms with Crippen molar-refractivity contribution in [3.63, 3.8) is 0 Å². The van der Waals surface area contributed by atoms with Crippen LogP contribution >= 0.6 is 0 Å². The minimum absolute atomic E-state index is 0.0640. The van der Waals surface area contributed by atoms with Crippen LogP contribution in [0.5, 0.6) is 0 Å². The molecule has 2 fully saturated rings. The van der Waals surface area contributed by atoms with Crippen molar-refractivity contribution >= 4 is 0 Å². The molecule has 0 bridgehead atoms. The summed E-state index contributed by atoms with van der Waals surface area (Å²) in [6.45, 7) is 3.14. The first-order chi connectivity index (χ1) is 7.57. The van der Waals surface area contributed by atoms with Gasteiger partial charge >= 0.3 is 0 Å². The number of benzene rings is 1. The smallest absolute Gasteiger partial charge is 0.126 e. The predicted molar refractivity (Wildman–Crippen MR) is 59.8 cm³/mol. The molecular weight excluding hydrogens is 205 g/mol. The third-order valence-electron chi connectivity index (χ3n) is 4.15. The van der Waals surface area contributed by atoms with Crippen molar-refractivity contribution in [2.45, 2.75) is 30.7 Å². The van der Waals surface area contributed by atoms with Crippen molar-refractivity contribution in [1.29, 1.82) is 0 Å². The minimum Gasteiger partial charge on any atom is -0.379 e. The Morgan fingerprint density at radius 3 is 2.44 bits per heavy atom. The molecule has 1 aliphatic carbocycles. The van der Waals surface area contributed by atoms with Gasteiger partial charge in [0, 0.05) is 5.54 Å². The largest absolute Gasteiger partial charge is 0.379 e. The first-order valence-corrected chi connectivity index (χ1v) is 5.71. The first-order valence-electron chi connectivity index (χ1n) is 5.71. The molecule has 0 aromatic heterocycles. The molecule has 16 heavy (non-hydrogen) atoms. The van der Waals surface area contributed by atoms with Crippen molar-refractivity contribution in [2.75, 3.05) is 13.2 Å². The summed E-state index contributed by atoms with van der Waals surface area (Å²) in [6.07, 6.45) is 2.10. The van der Waals surface area contributed by atoms with Gasteiger partial charge in [0.15, 0.2) is 0 Å². The highest BCUT2D eigenvalue weighted by molar-refractivity contribution is 5.39. The van der Waals surface area contributed by atoms with Gasteiger partial charge in [-0.2, -0.15) is 0 Å². The lowest BCUT2D eigenvalue weighted by Gasteiger charge is -2.47. The number of hydrogen-bond donors (Lipinski definition) is 1. The standard InChI is InChI=1S/C13H16FNO/c1-9-6-10(2-3-11(9)14)12(7-16-8-12)13(15)4-5-13/h2-3,6H,4-5,7-8,15H2,1H3. The molecule has 0 unspecified atom stereocenters. The second-order valence-corrected chi connectivity index (χ2v) is 5.20. The van der Waals surface area contributed by atoms with E-state index in [-0.39, 0.29) is 16.8 Å². The fourth-order valence-electron chi connectivity index (χ4n) is 2.60. The molecule has 1 saturated carbocycles. The highest BCUT2D eigenvalue weighted by atomic mass is 19.1. The van der Waals surface area contributed by atoms with Gasteiger partial charge in [-0.25, -0.2) is 4.39 Å². The van der Waals surface area contributed by atoms with Gasteiger partial charge in [0.1, 0.15) is 5.82 Å². The summed E-state index contributed by atoms with van der Waals surface area (Å²) in [5, 5.41) is 0. The molecule has 2 N–H and O–H groups in total. The van der Waals surface area contributed by atoms with E-state index in [1.807, 2.05) is 12.1 Å². The molecule has 2 nitrogen and oxygen atoms in total. The van der Waals surface area contributed by atoms with E-state index >= 15 is 0 Å². The zero-order valence-corrected chi connectivity index (χ0v) is 9.42. The average Bonchev–Trinajstić information content (AvgIpc) is 2.89. The van der Waals surface area contributed by atoms with Crippen LogP contribution in [0.4, 0.5) is 4.39 Å². The molecule has 3 heteroatoms.